The Labute approximate surface area is 145 Å². The third-order valence-electron chi connectivity index (χ3n) is 4.77. The van der Waals surface area contributed by atoms with E-state index in [1.54, 1.807) is 23.7 Å². The van der Waals surface area contributed by atoms with Crippen LogP contribution in [0, 0.1) is 0 Å². The molecule has 2 aromatic heterocycles. The van der Waals surface area contributed by atoms with Crippen LogP contribution in [0.2, 0.25) is 0 Å². The maximum atomic E-state index is 12.2. The minimum Gasteiger partial charge on any atom is -0.399 e. The van der Waals surface area contributed by atoms with Crippen LogP contribution in [0.15, 0.2) is 41.5 Å². The predicted molar refractivity (Wildman–Crippen MR) is 99.6 cm³/mol. The lowest BCUT2D eigenvalue weighted by Crippen LogP contribution is -2.19. The molecule has 0 amide bonds. The zero-order valence-electron chi connectivity index (χ0n) is 14.4. The zero-order valence-corrected chi connectivity index (χ0v) is 14.4. The molecule has 1 fully saturated rings. The summed E-state index contributed by atoms with van der Waals surface area (Å²) in [4.78, 5) is 21.2. The van der Waals surface area contributed by atoms with E-state index in [0.29, 0.717) is 17.4 Å². The van der Waals surface area contributed by atoms with Crippen molar-refractivity contribution in [3.05, 3.63) is 58.4 Å². The van der Waals surface area contributed by atoms with Gasteiger partial charge in [0.2, 0.25) is 0 Å². The number of benzene rings is 1. The number of hydrogen-bond acceptors (Lipinski definition) is 5. The van der Waals surface area contributed by atoms with E-state index in [1.165, 1.54) is 18.4 Å². The molecule has 0 saturated heterocycles. The summed E-state index contributed by atoms with van der Waals surface area (Å²) in [5.74, 6) is 1.35. The van der Waals surface area contributed by atoms with E-state index >= 15 is 0 Å². The molecule has 2 heterocycles. The fourth-order valence-electron chi connectivity index (χ4n) is 3.09. The molecule has 6 heteroatoms. The molecular weight excluding hydrogens is 314 g/mol. The lowest BCUT2D eigenvalue weighted by Gasteiger charge is -2.17. The molecule has 1 saturated carbocycles. The fourth-order valence-corrected chi connectivity index (χ4v) is 3.09. The largest absolute Gasteiger partial charge is 0.399 e. The maximum Gasteiger partial charge on any atom is 0.252 e. The summed E-state index contributed by atoms with van der Waals surface area (Å²) in [5, 5.41) is 4.27. The zero-order chi connectivity index (χ0) is 17.6. The van der Waals surface area contributed by atoms with Gasteiger partial charge in [0.15, 0.2) is 0 Å². The highest BCUT2D eigenvalue weighted by Gasteiger charge is 2.24. The van der Waals surface area contributed by atoms with E-state index in [4.69, 9.17) is 5.73 Å². The number of nitrogens with one attached hydrogen (secondary N) is 1. The number of nitrogens with zero attached hydrogens (tertiary/aromatic N) is 3. The number of pyridine rings is 1. The molecule has 0 aliphatic heterocycles. The van der Waals surface area contributed by atoms with E-state index in [2.05, 4.69) is 15.3 Å². The van der Waals surface area contributed by atoms with Crippen molar-refractivity contribution in [1.82, 2.24) is 14.5 Å². The summed E-state index contributed by atoms with van der Waals surface area (Å²) >= 11 is 0. The van der Waals surface area contributed by atoms with Gasteiger partial charge in [-0.05, 0) is 49.4 Å². The van der Waals surface area contributed by atoms with E-state index in [-0.39, 0.29) is 11.6 Å². The number of anilines is 2. The molecule has 3 N–H and O–H groups in total. The molecule has 1 aromatic carbocycles. The van der Waals surface area contributed by atoms with Crippen LogP contribution in [-0.4, -0.2) is 14.5 Å². The smallest absolute Gasteiger partial charge is 0.252 e. The SMILES string of the molecule is CC(Nc1cc(=O)n(C)c2ccc(N)cc12)c1ncc(C2CC2)cn1. The van der Waals surface area contributed by atoms with E-state index in [0.717, 1.165) is 16.6 Å². The molecule has 1 atom stereocenters. The molecule has 4 rings (SSSR count). The second kappa shape index (κ2) is 5.88. The Balaban J connectivity index is 1.68. The van der Waals surface area contributed by atoms with Crippen molar-refractivity contribution in [2.75, 3.05) is 11.1 Å². The lowest BCUT2D eigenvalue weighted by molar-refractivity contribution is 0.780. The van der Waals surface area contributed by atoms with Gasteiger partial charge < -0.3 is 15.6 Å². The Morgan fingerprint density at radius 1 is 1.24 bits per heavy atom. The van der Waals surface area contributed by atoms with Crippen molar-refractivity contribution in [1.29, 1.82) is 0 Å². The number of rotatable bonds is 4. The summed E-state index contributed by atoms with van der Waals surface area (Å²) in [7, 11) is 1.76. The van der Waals surface area contributed by atoms with Gasteiger partial charge in [0.05, 0.1) is 11.6 Å². The first kappa shape index (κ1) is 15.6. The van der Waals surface area contributed by atoms with Gasteiger partial charge >= 0.3 is 0 Å². The Bertz CT molecular complexity index is 989. The van der Waals surface area contributed by atoms with Gasteiger partial charge in [-0.3, -0.25) is 4.79 Å². The highest BCUT2D eigenvalue weighted by atomic mass is 16.1. The minimum atomic E-state index is -0.120. The molecule has 1 aliphatic carbocycles. The van der Waals surface area contributed by atoms with Gasteiger partial charge in [-0.2, -0.15) is 0 Å². The maximum absolute atomic E-state index is 12.2. The summed E-state index contributed by atoms with van der Waals surface area (Å²) < 4.78 is 1.62. The molecule has 25 heavy (non-hydrogen) atoms. The van der Waals surface area contributed by atoms with Crippen LogP contribution in [0.3, 0.4) is 0 Å². The number of hydrogen-bond donors (Lipinski definition) is 2. The minimum absolute atomic E-state index is 0.0722. The Hall–Kier alpha value is -2.89. The van der Waals surface area contributed by atoms with Crippen LogP contribution in [0.5, 0.6) is 0 Å². The summed E-state index contributed by atoms with van der Waals surface area (Å²) in [5.41, 5.74) is 9.31. The van der Waals surface area contributed by atoms with Crippen molar-refractivity contribution >= 4 is 22.3 Å². The van der Waals surface area contributed by atoms with Crippen LogP contribution in [0.1, 0.15) is 43.1 Å². The average Bonchev–Trinajstić information content (AvgIpc) is 3.44. The first-order chi connectivity index (χ1) is 12.0. The van der Waals surface area contributed by atoms with Crippen molar-refractivity contribution in [2.24, 2.45) is 7.05 Å². The highest BCUT2D eigenvalue weighted by molar-refractivity contribution is 5.93. The van der Waals surface area contributed by atoms with Gasteiger partial charge in [0, 0.05) is 42.3 Å². The fraction of sp³-hybridized carbons (Fsp3) is 0.316. The number of nitrogen functional groups attached to an aromatic ring is 1. The van der Waals surface area contributed by atoms with E-state index in [9.17, 15) is 4.79 Å². The van der Waals surface area contributed by atoms with Gasteiger partial charge in [0.25, 0.3) is 5.56 Å². The van der Waals surface area contributed by atoms with Gasteiger partial charge in [-0.25, -0.2) is 9.97 Å². The molecule has 3 aromatic rings. The summed E-state index contributed by atoms with van der Waals surface area (Å²) in [6.45, 7) is 1.99. The van der Waals surface area contributed by atoms with Crippen molar-refractivity contribution in [3.63, 3.8) is 0 Å². The van der Waals surface area contributed by atoms with E-state index < -0.39 is 0 Å². The molecule has 0 bridgehead atoms. The van der Waals surface area contributed by atoms with Crippen LogP contribution in [0.4, 0.5) is 11.4 Å². The highest BCUT2D eigenvalue weighted by Crippen LogP contribution is 2.39. The van der Waals surface area contributed by atoms with Gasteiger partial charge in [-0.1, -0.05) is 0 Å². The standard InChI is InChI=1S/C19H21N5O/c1-11(19-21-9-13(10-22-19)12-3-4-12)23-16-8-18(25)24(2)17-6-5-14(20)7-15(16)17/h5-12,23H,3-4,20H2,1-2H3. The predicted octanol–water partition coefficient (Wildman–Crippen LogP) is 2.96. The lowest BCUT2D eigenvalue weighted by atomic mass is 10.1. The van der Waals surface area contributed by atoms with Crippen molar-refractivity contribution < 1.29 is 0 Å². The Kier molecular flexibility index (Phi) is 3.67. The second-order valence-electron chi connectivity index (χ2n) is 6.75. The Morgan fingerprint density at radius 3 is 2.64 bits per heavy atom. The Morgan fingerprint density at radius 2 is 1.96 bits per heavy atom. The van der Waals surface area contributed by atoms with Crippen molar-refractivity contribution in [3.8, 4) is 0 Å². The van der Waals surface area contributed by atoms with Crippen LogP contribution in [-0.2, 0) is 7.05 Å². The molecule has 0 radical (unpaired) electrons. The molecular formula is C19H21N5O. The second-order valence-corrected chi connectivity index (χ2v) is 6.75. The van der Waals surface area contributed by atoms with Gasteiger partial charge in [0.1, 0.15) is 5.82 Å². The average molecular weight is 335 g/mol. The third-order valence-corrected chi connectivity index (χ3v) is 4.77. The van der Waals surface area contributed by atoms with Crippen molar-refractivity contribution in [2.45, 2.75) is 31.7 Å². The van der Waals surface area contributed by atoms with Crippen LogP contribution in [0.25, 0.3) is 10.9 Å². The first-order valence-electron chi connectivity index (χ1n) is 8.50. The number of aryl methyl sites for hydroxylation is 1. The number of nitrogens with two attached hydrogens (primary N) is 1. The van der Waals surface area contributed by atoms with Gasteiger partial charge in [-0.15, -0.1) is 0 Å². The molecule has 128 valence electrons. The van der Waals surface area contributed by atoms with Crippen LogP contribution < -0.4 is 16.6 Å². The summed E-state index contributed by atoms with van der Waals surface area (Å²) in [6.07, 6.45) is 6.30. The number of aromatic nitrogens is 3. The quantitative estimate of drug-likeness (QED) is 0.716. The normalized spacial score (nSPS) is 15.3. The first-order valence-corrected chi connectivity index (χ1v) is 8.50. The van der Waals surface area contributed by atoms with Crippen LogP contribution >= 0.6 is 0 Å². The topological polar surface area (TPSA) is 85.8 Å². The number of fused-ring (bicyclic) bond motifs is 1. The van der Waals surface area contributed by atoms with E-state index in [1.807, 2.05) is 31.5 Å². The monoisotopic (exact) mass is 335 g/mol. The molecule has 0 spiro atoms. The molecule has 1 unspecified atom stereocenters. The summed E-state index contributed by atoms with van der Waals surface area (Å²) in [6, 6.07) is 7.01. The molecule has 6 nitrogen and oxygen atoms in total. The third kappa shape index (κ3) is 2.95. The molecule has 1 aliphatic rings.